The van der Waals surface area contributed by atoms with Gasteiger partial charge in [0.2, 0.25) is 0 Å². The lowest BCUT2D eigenvalue weighted by Gasteiger charge is -2.18. The van der Waals surface area contributed by atoms with Gasteiger partial charge in [0.25, 0.3) is 0 Å². The number of benzene rings is 1. The molecule has 0 aliphatic carbocycles. The Morgan fingerprint density at radius 1 is 1.28 bits per heavy atom. The number of aromatic carboxylic acids is 1. The number of carboxylic acids is 1. The maximum absolute atomic E-state index is 13.2. The zero-order chi connectivity index (χ0) is 14.1. The van der Waals surface area contributed by atoms with Crippen LogP contribution in [0.4, 0.5) is 27.6 Å². The number of halogens is 5. The van der Waals surface area contributed by atoms with Crippen molar-refractivity contribution in [3.8, 4) is 0 Å². The van der Waals surface area contributed by atoms with Crippen LogP contribution in [0.5, 0.6) is 0 Å². The van der Waals surface area contributed by atoms with E-state index >= 15 is 0 Å². The van der Waals surface area contributed by atoms with Crippen molar-refractivity contribution in [2.75, 3.05) is 5.32 Å². The van der Waals surface area contributed by atoms with Gasteiger partial charge in [0.05, 0.1) is 0 Å². The smallest absolute Gasteiger partial charge is 0.408 e. The van der Waals surface area contributed by atoms with Gasteiger partial charge >= 0.3 is 12.1 Å². The molecule has 3 nitrogen and oxygen atoms in total. The highest BCUT2D eigenvalue weighted by Gasteiger charge is 2.36. The Hall–Kier alpha value is -1.86. The highest BCUT2D eigenvalue weighted by atomic mass is 19.4. The fourth-order valence-corrected chi connectivity index (χ4v) is 1.19. The summed E-state index contributed by atoms with van der Waals surface area (Å²) in [6.45, 7) is 0.765. The normalized spacial score (nSPS) is 13.2. The largest absolute Gasteiger partial charge is 0.477 e. The van der Waals surface area contributed by atoms with Gasteiger partial charge in [-0.3, -0.25) is 0 Å². The molecule has 0 radical (unpaired) electrons. The number of carbonyl (C=O) groups is 1. The number of alkyl halides is 3. The number of hydrogen-bond donors (Lipinski definition) is 2. The predicted octanol–water partition coefficient (Wildman–Crippen LogP) is 3.03. The van der Waals surface area contributed by atoms with Crippen LogP contribution >= 0.6 is 0 Å². The van der Waals surface area contributed by atoms with E-state index in [4.69, 9.17) is 5.11 Å². The van der Waals surface area contributed by atoms with Crippen LogP contribution in [0.25, 0.3) is 0 Å². The highest BCUT2D eigenvalue weighted by molar-refractivity contribution is 5.88. The maximum atomic E-state index is 13.2. The van der Waals surface area contributed by atoms with Crippen LogP contribution in [0.3, 0.4) is 0 Å². The molecule has 8 heteroatoms. The average Bonchev–Trinajstić information content (AvgIpc) is 2.13. The molecule has 0 saturated carbocycles. The van der Waals surface area contributed by atoms with Crippen molar-refractivity contribution >= 4 is 11.7 Å². The first-order chi connectivity index (χ1) is 8.12. The van der Waals surface area contributed by atoms with Gasteiger partial charge in [-0.1, -0.05) is 0 Å². The summed E-state index contributed by atoms with van der Waals surface area (Å²) in [6, 6.07) is -1.03. The van der Waals surface area contributed by atoms with Gasteiger partial charge in [-0.2, -0.15) is 13.2 Å². The van der Waals surface area contributed by atoms with E-state index in [2.05, 4.69) is 0 Å². The molecule has 0 saturated heterocycles. The molecule has 100 valence electrons. The number of rotatable bonds is 3. The summed E-state index contributed by atoms with van der Waals surface area (Å²) in [4.78, 5) is 10.5. The van der Waals surface area contributed by atoms with E-state index in [1.807, 2.05) is 5.32 Å². The molecular weight excluding hydrogens is 261 g/mol. The topological polar surface area (TPSA) is 49.3 Å². The van der Waals surface area contributed by atoms with E-state index in [1.165, 1.54) is 0 Å². The minimum Gasteiger partial charge on any atom is -0.477 e. The summed E-state index contributed by atoms with van der Waals surface area (Å²) in [7, 11) is 0. The molecule has 0 heterocycles. The van der Waals surface area contributed by atoms with Crippen LogP contribution in [-0.2, 0) is 0 Å². The molecule has 0 aliphatic heterocycles. The van der Waals surface area contributed by atoms with Gasteiger partial charge in [0.15, 0.2) is 0 Å². The van der Waals surface area contributed by atoms with Crippen molar-refractivity contribution in [1.82, 2.24) is 0 Å². The minimum atomic E-state index is -4.58. The number of hydrogen-bond acceptors (Lipinski definition) is 2. The first kappa shape index (κ1) is 14.2. The molecule has 1 rings (SSSR count). The Bertz CT molecular complexity index is 449. The second-order valence-corrected chi connectivity index (χ2v) is 3.53. The van der Waals surface area contributed by atoms with Crippen molar-refractivity contribution in [3.63, 3.8) is 0 Å². The van der Waals surface area contributed by atoms with E-state index in [0.29, 0.717) is 12.1 Å². The monoisotopic (exact) mass is 269 g/mol. The zero-order valence-corrected chi connectivity index (χ0v) is 8.98. The van der Waals surface area contributed by atoms with Gasteiger partial charge in [-0.15, -0.1) is 0 Å². The van der Waals surface area contributed by atoms with Gasteiger partial charge in [-0.25, -0.2) is 13.6 Å². The van der Waals surface area contributed by atoms with Crippen molar-refractivity contribution < 1.29 is 31.9 Å². The number of carboxylic acid groups (broad SMARTS) is 1. The molecule has 1 unspecified atom stereocenters. The lowest BCUT2D eigenvalue weighted by atomic mass is 10.1. The summed E-state index contributed by atoms with van der Waals surface area (Å²) in [6.07, 6.45) is -4.58. The Labute approximate surface area is 98.2 Å². The number of nitrogens with one attached hydrogen (secondary N) is 1. The molecule has 0 bridgehead atoms. The summed E-state index contributed by atoms with van der Waals surface area (Å²) < 4.78 is 62.9. The molecule has 0 fully saturated rings. The third kappa shape index (κ3) is 3.08. The Balaban J connectivity index is 3.04. The fraction of sp³-hybridized carbons (Fsp3) is 0.300. The first-order valence-electron chi connectivity index (χ1n) is 4.68. The molecule has 1 aromatic carbocycles. The Morgan fingerprint density at radius 2 is 1.72 bits per heavy atom. The summed E-state index contributed by atoms with van der Waals surface area (Å²) in [5.41, 5.74) is -1.69. The molecule has 0 spiro atoms. The fourth-order valence-electron chi connectivity index (χ4n) is 1.19. The van der Waals surface area contributed by atoms with Crippen LogP contribution in [0.15, 0.2) is 12.1 Å². The lowest BCUT2D eigenvalue weighted by molar-refractivity contribution is -0.138. The van der Waals surface area contributed by atoms with E-state index in [9.17, 15) is 26.7 Å². The molecule has 18 heavy (non-hydrogen) atoms. The number of anilines is 1. The van der Waals surface area contributed by atoms with Crippen molar-refractivity contribution in [1.29, 1.82) is 0 Å². The van der Waals surface area contributed by atoms with Crippen LogP contribution in [0, 0.1) is 11.6 Å². The van der Waals surface area contributed by atoms with E-state index in [0.717, 1.165) is 6.92 Å². The lowest BCUT2D eigenvalue weighted by Crippen LogP contribution is -2.33. The molecular formula is C10H8F5NO2. The van der Waals surface area contributed by atoms with E-state index in [1.54, 1.807) is 0 Å². The van der Waals surface area contributed by atoms with Gasteiger partial charge < -0.3 is 10.4 Å². The van der Waals surface area contributed by atoms with Crippen LogP contribution in [0.1, 0.15) is 17.3 Å². The molecule has 0 aliphatic rings. The second kappa shape index (κ2) is 4.79. The SMILES string of the molecule is CC(Nc1cc(F)c(C(=O)O)c(F)c1)C(F)(F)F. The molecule has 0 amide bonds. The molecule has 0 aromatic heterocycles. The Kier molecular flexibility index (Phi) is 3.78. The van der Waals surface area contributed by atoms with Crippen LogP contribution < -0.4 is 5.32 Å². The second-order valence-electron chi connectivity index (χ2n) is 3.53. The maximum Gasteiger partial charge on any atom is 0.408 e. The Morgan fingerprint density at radius 3 is 2.06 bits per heavy atom. The predicted molar refractivity (Wildman–Crippen MR) is 52.5 cm³/mol. The average molecular weight is 269 g/mol. The van der Waals surface area contributed by atoms with Crippen molar-refractivity contribution in [3.05, 3.63) is 29.3 Å². The summed E-state index contributed by atoms with van der Waals surface area (Å²) in [5, 5.41) is 10.3. The molecule has 1 aromatic rings. The van der Waals surface area contributed by atoms with Crippen molar-refractivity contribution in [2.24, 2.45) is 0 Å². The van der Waals surface area contributed by atoms with E-state index in [-0.39, 0.29) is 0 Å². The third-order valence-electron chi connectivity index (χ3n) is 2.13. The first-order valence-corrected chi connectivity index (χ1v) is 4.68. The minimum absolute atomic E-state index is 0.486. The molecule has 1 atom stereocenters. The zero-order valence-electron chi connectivity index (χ0n) is 8.98. The van der Waals surface area contributed by atoms with Gasteiger partial charge in [0.1, 0.15) is 23.2 Å². The summed E-state index contributed by atoms with van der Waals surface area (Å²) >= 11 is 0. The van der Waals surface area contributed by atoms with E-state index < -0.39 is 41.1 Å². The van der Waals surface area contributed by atoms with Crippen LogP contribution in [0.2, 0.25) is 0 Å². The third-order valence-corrected chi connectivity index (χ3v) is 2.13. The summed E-state index contributed by atoms with van der Waals surface area (Å²) in [5.74, 6) is -4.72. The standard InChI is InChI=1S/C10H8F5NO2/c1-4(10(13,14)15)16-5-2-6(11)8(9(17)18)7(12)3-5/h2-4,16H,1H3,(H,17,18). The van der Waals surface area contributed by atoms with Gasteiger partial charge in [-0.05, 0) is 19.1 Å². The van der Waals surface area contributed by atoms with Gasteiger partial charge in [0, 0.05) is 5.69 Å². The quantitative estimate of drug-likeness (QED) is 0.829. The van der Waals surface area contributed by atoms with Crippen LogP contribution in [-0.4, -0.2) is 23.3 Å². The highest BCUT2D eigenvalue weighted by Crippen LogP contribution is 2.25. The van der Waals surface area contributed by atoms with Crippen molar-refractivity contribution in [2.45, 2.75) is 19.1 Å². The molecule has 2 N–H and O–H groups in total.